The van der Waals surface area contributed by atoms with E-state index < -0.39 is 6.17 Å². The van der Waals surface area contributed by atoms with Crippen LogP contribution in [0.4, 0.5) is 10.5 Å². The van der Waals surface area contributed by atoms with E-state index in [9.17, 15) is 9.59 Å². The van der Waals surface area contributed by atoms with Crippen LogP contribution < -0.4 is 9.75 Å². The van der Waals surface area contributed by atoms with Crippen LogP contribution in [0.3, 0.4) is 0 Å². The Morgan fingerprint density at radius 3 is 2.74 bits per heavy atom. The number of carbonyl (C=O) groups is 2. The number of rotatable bonds is 3. The molecule has 3 rings (SSSR count). The van der Waals surface area contributed by atoms with Crippen LogP contribution in [-0.2, 0) is 9.53 Å². The predicted molar refractivity (Wildman–Crippen MR) is 79.8 cm³/mol. The van der Waals surface area contributed by atoms with Crippen molar-refractivity contribution >= 4 is 18.0 Å². The predicted octanol–water partition coefficient (Wildman–Crippen LogP) is 1.08. The Morgan fingerprint density at radius 2 is 2.04 bits per heavy atom. The zero-order valence-corrected chi connectivity index (χ0v) is 12.7. The molecule has 1 unspecified atom stereocenters. The minimum Gasteiger partial charge on any atom is -0.495 e. The lowest BCUT2D eigenvalue weighted by atomic mass is 10.2. The van der Waals surface area contributed by atoms with Crippen LogP contribution in [0.2, 0.25) is 0 Å². The minimum atomic E-state index is -0.943. The van der Waals surface area contributed by atoms with Gasteiger partial charge in [-0.25, -0.2) is 9.80 Å². The number of methoxy groups -OCH3 is 1. The first kappa shape index (κ1) is 15.2. The van der Waals surface area contributed by atoms with Crippen LogP contribution in [0.5, 0.6) is 5.75 Å². The fourth-order valence-electron chi connectivity index (χ4n) is 2.47. The highest BCUT2D eigenvalue weighted by Gasteiger charge is 2.38. The monoisotopic (exact) mass is 319 g/mol. The summed E-state index contributed by atoms with van der Waals surface area (Å²) in [6, 6.07) is 6.73. The summed E-state index contributed by atoms with van der Waals surface area (Å²) in [6.45, 7) is 1.87. The zero-order chi connectivity index (χ0) is 16.2. The van der Waals surface area contributed by atoms with Gasteiger partial charge >= 0.3 is 6.03 Å². The Labute approximate surface area is 133 Å². The van der Waals surface area contributed by atoms with Crippen molar-refractivity contribution in [2.45, 2.75) is 6.17 Å². The lowest BCUT2D eigenvalue weighted by molar-refractivity contribution is -0.111. The summed E-state index contributed by atoms with van der Waals surface area (Å²) in [5, 5.41) is 10.3. The normalized spacial score (nSPS) is 20.7. The molecule has 1 aromatic rings. The van der Waals surface area contributed by atoms with Crippen molar-refractivity contribution in [3.63, 3.8) is 0 Å². The minimum absolute atomic E-state index is 0.369. The van der Waals surface area contributed by atoms with Crippen LogP contribution in [0, 0.1) is 0 Å². The highest BCUT2D eigenvalue weighted by Crippen LogP contribution is 2.33. The number of ether oxygens (including phenoxy) is 2. The van der Waals surface area contributed by atoms with Crippen molar-refractivity contribution in [3.8, 4) is 5.75 Å². The van der Waals surface area contributed by atoms with E-state index in [1.54, 1.807) is 23.1 Å². The van der Waals surface area contributed by atoms with Crippen LogP contribution in [0.1, 0.15) is 0 Å². The zero-order valence-electron chi connectivity index (χ0n) is 12.7. The van der Waals surface area contributed by atoms with Crippen molar-refractivity contribution in [2.75, 3.05) is 38.4 Å². The third-order valence-corrected chi connectivity index (χ3v) is 3.67. The van der Waals surface area contributed by atoms with Gasteiger partial charge in [0.1, 0.15) is 11.4 Å². The number of nitrogens with zero attached hydrogens (tertiary/aromatic N) is 5. The van der Waals surface area contributed by atoms with Gasteiger partial charge in [-0.3, -0.25) is 4.79 Å². The van der Waals surface area contributed by atoms with Gasteiger partial charge in [-0.1, -0.05) is 12.1 Å². The largest absolute Gasteiger partial charge is 0.495 e. The van der Waals surface area contributed by atoms with Crippen molar-refractivity contribution in [1.29, 1.82) is 0 Å². The Hall–Kier alpha value is -2.68. The number of anilines is 1. The first-order valence-electron chi connectivity index (χ1n) is 7.21. The molecule has 23 heavy (non-hydrogen) atoms. The van der Waals surface area contributed by atoms with E-state index in [1.165, 1.54) is 12.1 Å². The highest BCUT2D eigenvalue weighted by atomic mass is 16.5. The number of carbonyl (C=O) groups excluding carboxylic acids is 2. The summed E-state index contributed by atoms with van der Waals surface area (Å²) in [7, 11) is 1.53. The SMILES string of the molecule is COc1ccccc1N1N=NN(C(=O)N2CCOCC2)C1C=O. The molecule has 1 fully saturated rings. The summed E-state index contributed by atoms with van der Waals surface area (Å²) < 4.78 is 10.5. The molecule has 1 saturated heterocycles. The molecule has 2 amide bonds. The maximum atomic E-state index is 12.5. The van der Waals surface area contributed by atoms with Crippen LogP contribution >= 0.6 is 0 Å². The molecule has 0 spiro atoms. The number of para-hydroxylation sites is 2. The van der Waals surface area contributed by atoms with Gasteiger partial charge in [0.15, 0.2) is 6.29 Å². The molecule has 2 heterocycles. The summed E-state index contributed by atoms with van der Waals surface area (Å²) in [6.07, 6.45) is -0.313. The molecule has 9 nitrogen and oxygen atoms in total. The van der Waals surface area contributed by atoms with Crippen molar-refractivity contribution in [3.05, 3.63) is 24.3 Å². The number of hydrogen-bond donors (Lipinski definition) is 0. The molecular formula is C14H17N5O4. The van der Waals surface area contributed by atoms with Crippen LogP contribution in [-0.4, -0.2) is 61.8 Å². The lowest BCUT2D eigenvalue weighted by Gasteiger charge is -2.31. The average Bonchev–Trinajstić information content (AvgIpc) is 3.05. The van der Waals surface area contributed by atoms with Crippen molar-refractivity contribution in [2.24, 2.45) is 10.4 Å². The summed E-state index contributed by atoms with van der Waals surface area (Å²) in [5.74, 6) is 0.541. The number of hydrogen-bond acceptors (Lipinski definition) is 7. The van der Waals surface area contributed by atoms with Gasteiger partial charge in [-0.2, -0.15) is 5.01 Å². The molecule has 0 N–H and O–H groups in total. The molecular weight excluding hydrogens is 302 g/mol. The van der Waals surface area contributed by atoms with E-state index in [-0.39, 0.29) is 6.03 Å². The second kappa shape index (κ2) is 6.61. The van der Waals surface area contributed by atoms with Gasteiger partial charge in [0, 0.05) is 13.1 Å². The maximum absolute atomic E-state index is 12.5. The molecule has 2 aliphatic heterocycles. The molecule has 1 aromatic carbocycles. The van der Waals surface area contributed by atoms with E-state index >= 15 is 0 Å². The summed E-state index contributed by atoms with van der Waals surface area (Å²) in [5.41, 5.74) is 0.563. The number of amides is 2. The quantitative estimate of drug-likeness (QED) is 0.778. The first-order chi connectivity index (χ1) is 11.3. The van der Waals surface area contributed by atoms with E-state index in [0.29, 0.717) is 44.0 Å². The standard InChI is InChI=1S/C14H17N5O4/c1-22-12-5-3-2-4-11(12)18-13(10-20)19(16-15-18)14(21)17-6-8-23-9-7-17/h2-5,10,13H,6-9H2,1H3. The van der Waals surface area contributed by atoms with Crippen molar-refractivity contribution < 1.29 is 19.1 Å². The number of benzene rings is 1. The smallest absolute Gasteiger partial charge is 0.344 e. The summed E-state index contributed by atoms with van der Waals surface area (Å²) >= 11 is 0. The fourth-order valence-corrected chi connectivity index (χ4v) is 2.47. The van der Waals surface area contributed by atoms with E-state index in [0.717, 1.165) is 5.01 Å². The van der Waals surface area contributed by atoms with Gasteiger partial charge in [-0.05, 0) is 22.6 Å². The fraction of sp³-hybridized carbons (Fsp3) is 0.429. The van der Waals surface area contributed by atoms with Crippen molar-refractivity contribution in [1.82, 2.24) is 9.91 Å². The maximum Gasteiger partial charge on any atom is 0.344 e. The van der Waals surface area contributed by atoms with Gasteiger partial charge in [0.2, 0.25) is 6.17 Å². The summed E-state index contributed by atoms with van der Waals surface area (Å²) in [4.78, 5) is 25.7. The number of aldehydes is 1. The first-order valence-corrected chi connectivity index (χ1v) is 7.21. The van der Waals surface area contributed by atoms with E-state index in [2.05, 4.69) is 10.4 Å². The third kappa shape index (κ3) is 2.82. The molecule has 122 valence electrons. The lowest BCUT2D eigenvalue weighted by Crippen LogP contribution is -2.51. The molecule has 0 saturated carbocycles. The molecule has 2 aliphatic rings. The molecule has 1 atom stereocenters. The number of morpholine rings is 1. The Kier molecular flexibility index (Phi) is 4.38. The van der Waals surface area contributed by atoms with Crippen LogP contribution in [0.25, 0.3) is 0 Å². The molecule has 0 radical (unpaired) electrons. The van der Waals surface area contributed by atoms with E-state index in [1.807, 2.05) is 6.07 Å². The third-order valence-electron chi connectivity index (χ3n) is 3.67. The van der Waals surface area contributed by atoms with Gasteiger partial charge in [0.05, 0.1) is 20.3 Å². The molecule has 9 heteroatoms. The Bertz CT molecular complexity index is 617. The average molecular weight is 319 g/mol. The van der Waals surface area contributed by atoms with Crippen LogP contribution in [0.15, 0.2) is 34.7 Å². The number of urea groups is 1. The second-order valence-electron chi connectivity index (χ2n) is 4.97. The highest BCUT2D eigenvalue weighted by molar-refractivity contribution is 5.81. The second-order valence-corrected chi connectivity index (χ2v) is 4.97. The molecule has 0 bridgehead atoms. The molecule has 0 aromatic heterocycles. The Balaban J connectivity index is 1.82. The van der Waals surface area contributed by atoms with Gasteiger partial charge in [0.25, 0.3) is 0 Å². The molecule has 0 aliphatic carbocycles. The Morgan fingerprint density at radius 1 is 1.30 bits per heavy atom. The van der Waals surface area contributed by atoms with Gasteiger partial charge < -0.3 is 14.4 Å². The van der Waals surface area contributed by atoms with Gasteiger partial charge in [-0.15, -0.1) is 0 Å². The topological polar surface area (TPSA) is 87.0 Å². The van der Waals surface area contributed by atoms with E-state index in [4.69, 9.17) is 9.47 Å².